The Kier molecular flexibility index (Phi) is 3.40. The summed E-state index contributed by atoms with van der Waals surface area (Å²) in [6.45, 7) is 2.03. The van der Waals surface area contributed by atoms with Gasteiger partial charge in [0.1, 0.15) is 6.10 Å². The SMILES string of the molecule is CN1CCC(Oc2nc(N)nc(Cl)n2)CC1. The van der Waals surface area contributed by atoms with Gasteiger partial charge in [0, 0.05) is 13.1 Å². The Hall–Kier alpha value is -1.14. The molecular weight excluding hydrogens is 230 g/mol. The Labute approximate surface area is 98.8 Å². The van der Waals surface area contributed by atoms with Crippen LogP contribution in [0.1, 0.15) is 12.8 Å². The fourth-order valence-corrected chi connectivity index (χ4v) is 1.81. The van der Waals surface area contributed by atoms with E-state index in [1.165, 1.54) is 0 Å². The minimum absolute atomic E-state index is 0.0652. The molecule has 6 nitrogen and oxygen atoms in total. The van der Waals surface area contributed by atoms with Crippen molar-refractivity contribution in [2.75, 3.05) is 25.9 Å². The van der Waals surface area contributed by atoms with E-state index in [1.54, 1.807) is 0 Å². The topological polar surface area (TPSA) is 77.2 Å². The van der Waals surface area contributed by atoms with Crippen molar-refractivity contribution in [3.05, 3.63) is 5.28 Å². The number of ether oxygens (including phenoxy) is 1. The predicted octanol–water partition coefficient (Wildman–Crippen LogP) is 0.580. The van der Waals surface area contributed by atoms with Crippen molar-refractivity contribution in [1.82, 2.24) is 19.9 Å². The standard InChI is InChI=1S/C9H14ClN5O/c1-15-4-2-6(3-5-15)16-9-13-7(10)12-8(11)14-9/h6H,2-5H2,1H3,(H2,11,12,13,14). The molecule has 16 heavy (non-hydrogen) atoms. The van der Waals surface area contributed by atoms with E-state index in [9.17, 15) is 0 Å². The number of rotatable bonds is 2. The first-order chi connectivity index (χ1) is 7.63. The van der Waals surface area contributed by atoms with Crippen molar-refractivity contribution >= 4 is 17.5 Å². The van der Waals surface area contributed by atoms with Gasteiger partial charge in [0.25, 0.3) is 0 Å². The molecule has 0 spiro atoms. The highest BCUT2D eigenvalue weighted by Gasteiger charge is 2.19. The van der Waals surface area contributed by atoms with Gasteiger partial charge in [-0.3, -0.25) is 0 Å². The van der Waals surface area contributed by atoms with E-state index in [4.69, 9.17) is 22.1 Å². The van der Waals surface area contributed by atoms with Crippen LogP contribution in [0.4, 0.5) is 5.95 Å². The summed E-state index contributed by atoms with van der Waals surface area (Å²) in [6.07, 6.45) is 2.05. The summed E-state index contributed by atoms with van der Waals surface area (Å²) in [4.78, 5) is 13.7. The second-order valence-corrected chi connectivity index (χ2v) is 4.20. The van der Waals surface area contributed by atoms with Crippen molar-refractivity contribution in [3.63, 3.8) is 0 Å². The van der Waals surface area contributed by atoms with E-state index in [-0.39, 0.29) is 23.3 Å². The predicted molar refractivity (Wildman–Crippen MR) is 60.4 cm³/mol. The van der Waals surface area contributed by atoms with Crippen molar-refractivity contribution in [2.24, 2.45) is 0 Å². The van der Waals surface area contributed by atoms with E-state index in [0.717, 1.165) is 25.9 Å². The Morgan fingerprint density at radius 2 is 2.00 bits per heavy atom. The van der Waals surface area contributed by atoms with Gasteiger partial charge in [-0.2, -0.15) is 15.0 Å². The molecule has 0 atom stereocenters. The highest BCUT2D eigenvalue weighted by atomic mass is 35.5. The lowest BCUT2D eigenvalue weighted by Crippen LogP contribution is -2.36. The highest BCUT2D eigenvalue weighted by molar-refractivity contribution is 6.28. The van der Waals surface area contributed by atoms with Crippen LogP contribution in [-0.4, -0.2) is 46.1 Å². The number of likely N-dealkylation sites (tertiary alicyclic amines) is 1. The summed E-state index contributed by atoms with van der Waals surface area (Å²) < 4.78 is 5.61. The summed E-state index contributed by atoms with van der Waals surface area (Å²) in [5.41, 5.74) is 5.45. The lowest BCUT2D eigenvalue weighted by Gasteiger charge is -2.28. The van der Waals surface area contributed by atoms with Crippen LogP contribution in [0, 0.1) is 0 Å². The Bertz CT molecular complexity index is 347. The summed E-state index contributed by atoms with van der Waals surface area (Å²) in [6, 6.07) is 0.215. The van der Waals surface area contributed by atoms with E-state index >= 15 is 0 Å². The van der Waals surface area contributed by atoms with Crippen LogP contribution in [-0.2, 0) is 0 Å². The van der Waals surface area contributed by atoms with Crippen molar-refractivity contribution in [1.29, 1.82) is 0 Å². The van der Waals surface area contributed by atoms with Gasteiger partial charge in [-0.15, -0.1) is 0 Å². The number of aromatic nitrogens is 3. The van der Waals surface area contributed by atoms with Gasteiger partial charge in [-0.1, -0.05) is 0 Å². The molecule has 0 aromatic carbocycles. The maximum Gasteiger partial charge on any atom is 0.322 e. The Balaban J connectivity index is 1.98. The quantitative estimate of drug-likeness (QED) is 0.819. The van der Waals surface area contributed by atoms with E-state index in [1.807, 2.05) is 0 Å². The number of halogens is 1. The van der Waals surface area contributed by atoms with Crippen molar-refractivity contribution < 1.29 is 4.74 Å². The third-order valence-electron chi connectivity index (χ3n) is 2.54. The van der Waals surface area contributed by atoms with Gasteiger partial charge < -0.3 is 15.4 Å². The van der Waals surface area contributed by atoms with Crippen LogP contribution < -0.4 is 10.5 Å². The molecule has 2 heterocycles. The molecule has 0 unspecified atom stereocenters. The normalized spacial score (nSPS) is 18.6. The van der Waals surface area contributed by atoms with E-state index < -0.39 is 0 Å². The largest absolute Gasteiger partial charge is 0.460 e. The number of nitrogens with zero attached hydrogens (tertiary/aromatic N) is 4. The van der Waals surface area contributed by atoms with Crippen molar-refractivity contribution in [2.45, 2.75) is 18.9 Å². The zero-order valence-electron chi connectivity index (χ0n) is 9.06. The molecule has 0 aliphatic carbocycles. The molecule has 0 saturated carbocycles. The van der Waals surface area contributed by atoms with Gasteiger partial charge in [-0.25, -0.2) is 0 Å². The Morgan fingerprint density at radius 3 is 2.62 bits per heavy atom. The molecule has 1 saturated heterocycles. The molecule has 1 aliphatic heterocycles. The van der Waals surface area contributed by atoms with Crippen LogP contribution >= 0.6 is 11.6 Å². The monoisotopic (exact) mass is 243 g/mol. The number of hydrogen-bond acceptors (Lipinski definition) is 6. The van der Waals surface area contributed by atoms with Gasteiger partial charge in [0.15, 0.2) is 0 Å². The maximum absolute atomic E-state index is 5.66. The summed E-state index contributed by atoms with van der Waals surface area (Å²) >= 11 is 5.66. The van der Waals surface area contributed by atoms with Gasteiger partial charge in [-0.05, 0) is 31.5 Å². The number of nitrogens with two attached hydrogens (primary N) is 1. The summed E-state index contributed by atoms with van der Waals surface area (Å²) in [7, 11) is 2.09. The van der Waals surface area contributed by atoms with Crippen LogP contribution in [0.5, 0.6) is 6.01 Å². The lowest BCUT2D eigenvalue weighted by atomic mass is 10.1. The zero-order valence-corrected chi connectivity index (χ0v) is 9.81. The molecule has 0 amide bonds. The third-order valence-corrected chi connectivity index (χ3v) is 2.71. The average Bonchev–Trinajstić information content (AvgIpc) is 2.20. The minimum atomic E-state index is 0.0652. The van der Waals surface area contributed by atoms with Crippen LogP contribution in [0.15, 0.2) is 0 Å². The number of nitrogen functional groups attached to an aromatic ring is 1. The third kappa shape index (κ3) is 2.93. The molecule has 2 N–H and O–H groups in total. The highest BCUT2D eigenvalue weighted by Crippen LogP contribution is 2.16. The molecular formula is C9H14ClN5O. The number of anilines is 1. The second-order valence-electron chi connectivity index (χ2n) is 3.87. The van der Waals surface area contributed by atoms with Crippen LogP contribution in [0.2, 0.25) is 5.28 Å². The number of hydrogen-bond donors (Lipinski definition) is 1. The minimum Gasteiger partial charge on any atom is -0.460 e. The zero-order chi connectivity index (χ0) is 11.5. The number of piperidine rings is 1. The summed E-state index contributed by atoms with van der Waals surface area (Å²) in [5.74, 6) is 0.0860. The smallest absolute Gasteiger partial charge is 0.322 e. The Morgan fingerprint density at radius 1 is 1.31 bits per heavy atom. The van der Waals surface area contributed by atoms with Crippen LogP contribution in [0.25, 0.3) is 0 Å². The lowest BCUT2D eigenvalue weighted by molar-refractivity contribution is 0.105. The first kappa shape index (κ1) is 11.3. The average molecular weight is 244 g/mol. The first-order valence-electron chi connectivity index (χ1n) is 5.16. The first-order valence-corrected chi connectivity index (χ1v) is 5.53. The molecule has 0 radical (unpaired) electrons. The summed E-state index contributed by atoms with van der Waals surface area (Å²) in [5, 5.41) is 0.0652. The van der Waals surface area contributed by atoms with Crippen molar-refractivity contribution in [3.8, 4) is 6.01 Å². The van der Waals surface area contributed by atoms with E-state index in [0.29, 0.717) is 0 Å². The second kappa shape index (κ2) is 4.80. The molecule has 1 fully saturated rings. The fourth-order valence-electron chi connectivity index (χ4n) is 1.65. The molecule has 0 bridgehead atoms. The van der Waals surface area contributed by atoms with E-state index in [2.05, 4.69) is 26.9 Å². The molecule has 1 aromatic rings. The molecule has 7 heteroatoms. The van der Waals surface area contributed by atoms with Gasteiger partial charge in [0.2, 0.25) is 11.2 Å². The fraction of sp³-hybridized carbons (Fsp3) is 0.667. The maximum atomic E-state index is 5.66. The van der Waals surface area contributed by atoms with Gasteiger partial charge in [0.05, 0.1) is 0 Å². The molecule has 2 rings (SSSR count). The molecule has 1 aliphatic rings. The van der Waals surface area contributed by atoms with Gasteiger partial charge >= 0.3 is 6.01 Å². The van der Waals surface area contributed by atoms with Crippen LogP contribution in [0.3, 0.4) is 0 Å². The molecule has 1 aromatic heterocycles. The molecule has 88 valence electrons.